The van der Waals surface area contributed by atoms with Crippen molar-refractivity contribution in [3.05, 3.63) is 48.7 Å². The molecule has 1 atom stereocenters. The normalized spacial score (nSPS) is 17.6. The molecule has 4 heterocycles. The fourth-order valence-electron chi connectivity index (χ4n) is 3.40. The maximum Gasteiger partial charge on any atom is 0.432 e. The van der Waals surface area contributed by atoms with Gasteiger partial charge >= 0.3 is 6.18 Å². The second-order valence-corrected chi connectivity index (χ2v) is 6.98. The molecule has 1 unspecified atom stereocenters. The predicted octanol–water partition coefficient (Wildman–Crippen LogP) is 3.57. The van der Waals surface area contributed by atoms with Gasteiger partial charge in [0.15, 0.2) is 0 Å². The Morgan fingerprint density at radius 3 is 2.87 bits per heavy atom. The Morgan fingerprint density at radius 2 is 2.10 bits per heavy atom. The van der Waals surface area contributed by atoms with Crippen LogP contribution in [0, 0.1) is 5.41 Å². The van der Waals surface area contributed by atoms with E-state index in [0.29, 0.717) is 23.4 Å². The number of rotatable bonds is 5. The van der Waals surface area contributed by atoms with E-state index >= 15 is 0 Å². The number of halogens is 3. The standard InChI is InChI=1S/C19H19F3N8/c20-19(21,22)16(23)3-4-17-25-8-15(29-17)13-6-18(28-11-27-13)30-5-1-2-12(9-30)14-7-24-10-26-14/h3-4,6-8,10-12,23H,1-2,5,9H2,(H,24,26)(H,25,29)/b4-3-,23-16?. The number of anilines is 1. The molecule has 8 nitrogen and oxygen atoms in total. The van der Waals surface area contributed by atoms with Gasteiger partial charge in [0.25, 0.3) is 0 Å². The monoisotopic (exact) mass is 416 g/mol. The summed E-state index contributed by atoms with van der Waals surface area (Å²) in [6.45, 7) is 1.67. The molecule has 156 valence electrons. The van der Waals surface area contributed by atoms with Crippen LogP contribution in [0.2, 0.25) is 0 Å². The van der Waals surface area contributed by atoms with Crippen molar-refractivity contribution < 1.29 is 13.2 Å². The van der Waals surface area contributed by atoms with Gasteiger partial charge in [-0.2, -0.15) is 13.2 Å². The number of aromatic amines is 2. The molecule has 30 heavy (non-hydrogen) atoms. The van der Waals surface area contributed by atoms with E-state index in [1.54, 1.807) is 6.33 Å². The molecule has 1 aliphatic rings. The van der Waals surface area contributed by atoms with Crippen molar-refractivity contribution in [1.29, 1.82) is 5.41 Å². The lowest BCUT2D eigenvalue weighted by Crippen LogP contribution is -2.35. The number of alkyl halides is 3. The molecule has 0 radical (unpaired) electrons. The third-order valence-electron chi connectivity index (χ3n) is 4.94. The molecule has 0 bridgehead atoms. The van der Waals surface area contributed by atoms with Gasteiger partial charge in [-0.15, -0.1) is 0 Å². The van der Waals surface area contributed by atoms with Crippen LogP contribution in [0.1, 0.15) is 30.3 Å². The van der Waals surface area contributed by atoms with Crippen LogP contribution in [0.15, 0.2) is 37.2 Å². The first-order valence-corrected chi connectivity index (χ1v) is 9.34. The number of H-pyrrole nitrogens is 2. The number of allylic oxidation sites excluding steroid dienone is 1. The summed E-state index contributed by atoms with van der Waals surface area (Å²) in [5, 5.41) is 6.98. The van der Waals surface area contributed by atoms with Crippen LogP contribution in [0.3, 0.4) is 0 Å². The van der Waals surface area contributed by atoms with Crippen LogP contribution >= 0.6 is 0 Å². The van der Waals surface area contributed by atoms with E-state index < -0.39 is 11.9 Å². The van der Waals surface area contributed by atoms with E-state index in [2.05, 4.69) is 34.8 Å². The maximum absolute atomic E-state index is 12.4. The highest BCUT2D eigenvalue weighted by atomic mass is 19.4. The van der Waals surface area contributed by atoms with Crippen molar-refractivity contribution in [2.24, 2.45) is 0 Å². The van der Waals surface area contributed by atoms with Gasteiger partial charge in [0, 0.05) is 37.0 Å². The van der Waals surface area contributed by atoms with Gasteiger partial charge in [-0.25, -0.2) is 19.9 Å². The van der Waals surface area contributed by atoms with Gasteiger partial charge in [-0.05, 0) is 25.0 Å². The summed E-state index contributed by atoms with van der Waals surface area (Å²) in [6.07, 6.45) is 5.66. The first-order chi connectivity index (χ1) is 14.4. The zero-order chi connectivity index (χ0) is 21.1. The third-order valence-corrected chi connectivity index (χ3v) is 4.94. The minimum absolute atomic E-state index is 0.205. The molecule has 1 fully saturated rings. The van der Waals surface area contributed by atoms with Gasteiger partial charge in [-0.3, -0.25) is 5.41 Å². The molecule has 0 amide bonds. The number of imidazole rings is 2. The second-order valence-electron chi connectivity index (χ2n) is 6.98. The lowest BCUT2D eigenvalue weighted by molar-refractivity contribution is -0.0583. The third kappa shape index (κ3) is 4.39. The Labute approximate surface area is 169 Å². The van der Waals surface area contributed by atoms with E-state index in [4.69, 9.17) is 5.41 Å². The van der Waals surface area contributed by atoms with Crippen LogP contribution in [-0.2, 0) is 0 Å². The number of hydrogen-bond donors (Lipinski definition) is 3. The topological polar surface area (TPSA) is 110 Å². The SMILES string of the molecule is N=C(/C=C\c1ncc(-c2cc(N3CCCC(c4cnc[nH]4)C3)ncn2)[nH]1)C(F)(F)F. The van der Waals surface area contributed by atoms with Gasteiger partial charge < -0.3 is 14.9 Å². The molecule has 4 rings (SSSR count). The number of aromatic nitrogens is 6. The van der Waals surface area contributed by atoms with Gasteiger partial charge in [0.2, 0.25) is 0 Å². The molecule has 0 aromatic carbocycles. The van der Waals surface area contributed by atoms with E-state index in [0.717, 1.165) is 43.5 Å². The quantitative estimate of drug-likeness (QED) is 0.551. The zero-order valence-electron chi connectivity index (χ0n) is 15.8. The molecule has 11 heteroatoms. The summed E-state index contributed by atoms with van der Waals surface area (Å²) in [7, 11) is 0. The molecular formula is C19H19F3N8. The number of piperidine rings is 1. The summed E-state index contributed by atoms with van der Waals surface area (Å²) < 4.78 is 37.3. The van der Waals surface area contributed by atoms with Crippen molar-refractivity contribution in [1.82, 2.24) is 29.9 Å². The number of nitrogens with one attached hydrogen (secondary N) is 3. The minimum Gasteiger partial charge on any atom is -0.356 e. The zero-order valence-corrected chi connectivity index (χ0v) is 15.8. The summed E-state index contributed by atoms with van der Waals surface area (Å²) in [6, 6.07) is 1.83. The fourth-order valence-corrected chi connectivity index (χ4v) is 3.40. The summed E-state index contributed by atoms with van der Waals surface area (Å²) >= 11 is 0. The fraction of sp³-hybridized carbons (Fsp3) is 0.316. The van der Waals surface area contributed by atoms with Crippen LogP contribution in [0.4, 0.5) is 19.0 Å². The second kappa shape index (κ2) is 8.09. The van der Waals surface area contributed by atoms with Crippen LogP contribution in [0.5, 0.6) is 0 Å². The molecular weight excluding hydrogens is 397 g/mol. The Hall–Kier alpha value is -3.50. The Bertz CT molecular complexity index is 1040. The van der Waals surface area contributed by atoms with Crippen molar-refractivity contribution in [3.63, 3.8) is 0 Å². The Morgan fingerprint density at radius 1 is 1.23 bits per heavy atom. The maximum atomic E-state index is 12.4. The van der Waals surface area contributed by atoms with Crippen molar-refractivity contribution in [2.45, 2.75) is 24.9 Å². The predicted molar refractivity (Wildman–Crippen MR) is 105 cm³/mol. The lowest BCUT2D eigenvalue weighted by Gasteiger charge is -2.33. The molecule has 0 spiro atoms. The molecule has 0 saturated carbocycles. The van der Waals surface area contributed by atoms with E-state index in [1.165, 1.54) is 12.5 Å². The minimum atomic E-state index is -4.68. The molecule has 1 saturated heterocycles. The highest BCUT2D eigenvalue weighted by Gasteiger charge is 2.32. The van der Waals surface area contributed by atoms with Crippen LogP contribution in [0.25, 0.3) is 17.5 Å². The number of nitrogens with zero attached hydrogens (tertiary/aromatic N) is 5. The highest BCUT2D eigenvalue weighted by molar-refractivity contribution is 5.99. The summed E-state index contributed by atoms with van der Waals surface area (Å²) in [5.74, 6) is 1.32. The van der Waals surface area contributed by atoms with Crippen LogP contribution < -0.4 is 4.90 Å². The Balaban J connectivity index is 1.49. The largest absolute Gasteiger partial charge is 0.432 e. The first kappa shape index (κ1) is 19.8. The molecule has 3 aromatic rings. The number of hydrogen-bond acceptors (Lipinski definition) is 6. The first-order valence-electron chi connectivity index (χ1n) is 9.34. The highest BCUT2D eigenvalue weighted by Crippen LogP contribution is 2.29. The van der Waals surface area contributed by atoms with Gasteiger partial charge in [0.1, 0.15) is 23.7 Å². The van der Waals surface area contributed by atoms with Crippen LogP contribution in [-0.4, -0.2) is 54.9 Å². The van der Waals surface area contributed by atoms with Gasteiger partial charge in [-0.1, -0.05) is 0 Å². The van der Waals surface area contributed by atoms with Gasteiger partial charge in [0.05, 0.1) is 23.9 Å². The summed E-state index contributed by atoms with van der Waals surface area (Å²) in [4.78, 5) is 25.0. The van der Waals surface area contributed by atoms with Crippen molar-refractivity contribution >= 4 is 17.6 Å². The average molecular weight is 416 g/mol. The molecule has 0 aliphatic carbocycles. The Kier molecular flexibility index (Phi) is 5.34. The lowest BCUT2D eigenvalue weighted by atomic mass is 9.95. The van der Waals surface area contributed by atoms with E-state index in [-0.39, 0.29) is 5.82 Å². The molecule has 1 aliphatic heterocycles. The average Bonchev–Trinajstić information content (AvgIpc) is 3.44. The van der Waals surface area contributed by atoms with E-state index in [9.17, 15) is 13.2 Å². The van der Waals surface area contributed by atoms with E-state index in [1.807, 2.05) is 12.3 Å². The smallest absolute Gasteiger partial charge is 0.356 e. The summed E-state index contributed by atoms with van der Waals surface area (Å²) in [5.41, 5.74) is 0.797. The molecule has 3 N–H and O–H groups in total. The molecule has 3 aromatic heterocycles. The van der Waals surface area contributed by atoms with Crippen molar-refractivity contribution in [3.8, 4) is 11.4 Å². The van der Waals surface area contributed by atoms with Crippen molar-refractivity contribution in [2.75, 3.05) is 18.0 Å².